The van der Waals surface area contributed by atoms with Crippen molar-refractivity contribution in [2.45, 2.75) is 65.1 Å². The lowest BCUT2D eigenvalue weighted by atomic mass is 9.95. The Bertz CT molecular complexity index is 985. The monoisotopic (exact) mass is 413 g/mol. The Hall–Kier alpha value is -2.90. The smallest absolute Gasteiger partial charge is 0.263 e. The van der Waals surface area contributed by atoms with Crippen LogP contribution in [0.1, 0.15) is 59.4 Å². The summed E-state index contributed by atoms with van der Waals surface area (Å²) in [7, 11) is 3.58. The molecule has 0 aliphatic heterocycles. The van der Waals surface area contributed by atoms with Crippen LogP contribution in [0.4, 0.5) is 0 Å². The number of hydrogen-bond acceptors (Lipinski definition) is 4. The minimum Gasteiger partial charge on any atom is -0.349 e. The van der Waals surface area contributed by atoms with Crippen molar-refractivity contribution in [3.63, 3.8) is 0 Å². The van der Waals surface area contributed by atoms with Gasteiger partial charge in [-0.15, -0.1) is 0 Å². The first-order valence-corrected chi connectivity index (χ1v) is 10.5. The van der Waals surface area contributed by atoms with Crippen molar-refractivity contribution in [3.05, 3.63) is 51.2 Å². The molecule has 0 unspecified atom stereocenters. The van der Waals surface area contributed by atoms with Crippen LogP contribution >= 0.6 is 0 Å². The Kier molecular flexibility index (Phi) is 6.74. The quantitative estimate of drug-likeness (QED) is 0.784. The van der Waals surface area contributed by atoms with Crippen LogP contribution in [0.15, 0.2) is 23.1 Å². The molecular weight excluding hydrogens is 382 g/mol. The van der Waals surface area contributed by atoms with E-state index in [-0.39, 0.29) is 30.0 Å². The summed E-state index contributed by atoms with van der Waals surface area (Å²) in [6, 6.07) is 3.28. The normalized spacial score (nSPS) is 14.5. The zero-order chi connectivity index (χ0) is 21.8. The number of carbonyl (C=O) groups excluding carboxylic acids is 2. The van der Waals surface area contributed by atoms with Crippen molar-refractivity contribution in [3.8, 4) is 0 Å². The number of amides is 2. The lowest BCUT2D eigenvalue weighted by Crippen LogP contribution is -2.41. The second-order valence-corrected chi connectivity index (χ2v) is 8.19. The van der Waals surface area contributed by atoms with Crippen LogP contribution in [-0.4, -0.2) is 44.2 Å². The van der Waals surface area contributed by atoms with Crippen LogP contribution in [0.2, 0.25) is 0 Å². The van der Waals surface area contributed by atoms with E-state index >= 15 is 0 Å². The lowest BCUT2D eigenvalue weighted by molar-refractivity contribution is -0.131. The molecule has 1 N–H and O–H groups in total. The topological polar surface area (TPSA) is 89.2 Å². The van der Waals surface area contributed by atoms with Crippen LogP contribution in [0.25, 0.3) is 0 Å². The highest BCUT2D eigenvalue weighted by Crippen LogP contribution is 2.17. The number of nitrogens with one attached hydrogen (secondary N) is 1. The highest BCUT2D eigenvalue weighted by atomic mass is 16.2. The third-order valence-electron chi connectivity index (χ3n) is 5.99. The summed E-state index contributed by atoms with van der Waals surface area (Å²) in [5.74, 6) is -0.562. The van der Waals surface area contributed by atoms with E-state index in [2.05, 4.69) is 10.4 Å². The molecule has 1 saturated carbocycles. The first-order valence-electron chi connectivity index (χ1n) is 10.5. The van der Waals surface area contributed by atoms with E-state index in [1.165, 1.54) is 17.1 Å². The van der Waals surface area contributed by atoms with Gasteiger partial charge in [-0.1, -0.05) is 19.3 Å². The Balaban J connectivity index is 1.68. The number of carbonyl (C=O) groups is 2. The minimum absolute atomic E-state index is 0.0810. The van der Waals surface area contributed by atoms with E-state index in [4.69, 9.17) is 0 Å². The zero-order valence-electron chi connectivity index (χ0n) is 18.3. The Morgan fingerprint density at radius 3 is 2.57 bits per heavy atom. The standard InChI is InChI=1S/C22H31N5O3/c1-15-19(16(2)26(4)24-15)13-25(3)20(28)14-27-12-8-11-18(22(27)30)21(29)23-17-9-6-5-7-10-17/h8,11-12,17H,5-7,9-10,13-14H2,1-4H3,(H,23,29). The van der Waals surface area contributed by atoms with Crippen LogP contribution in [-0.2, 0) is 24.9 Å². The molecule has 0 aromatic carbocycles. The maximum Gasteiger partial charge on any atom is 0.263 e. The number of nitrogens with zero attached hydrogens (tertiary/aromatic N) is 4. The summed E-state index contributed by atoms with van der Waals surface area (Å²) in [6.45, 7) is 4.19. The van der Waals surface area contributed by atoms with Gasteiger partial charge in [0.1, 0.15) is 12.1 Å². The van der Waals surface area contributed by atoms with Gasteiger partial charge in [-0.25, -0.2) is 0 Å². The summed E-state index contributed by atoms with van der Waals surface area (Å²) in [5.41, 5.74) is 2.53. The number of pyridine rings is 1. The van der Waals surface area contributed by atoms with Crippen LogP contribution in [0.5, 0.6) is 0 Å². The van der Waals surface area contributed by atoms with Crippen molar-refractivity contribution in [2.24, 2.45) is 7.05 Å². The molecule has 8 nitrogen and oxygen atoms in total. The molecule has 0 bridgehead atoms. The lowest BCUT2D eigenvalue weighted by Gasteiger charge is -2.22. The van der Waals surface area contributed by atoms with Gasteiger partial charge in [-0.3, -0.25) is 19.1 Å². The van der Waals surface area contributed by atoms with Crippen molar-refractivity contribution < 1.29 is 9.59 Å². The molecule has 0 atom stereocenters. The second kappa shape index (κ2) is 9.28. The van der Waals surface area contributed by atoms with Crippen molar-refractivity contribution >= 4 is 11.8 Å². The molecule has 162 valence electrons. The molecule has 2 heterocycles. The summed E-state index contributed by atoms with van der Waals surface area (Å²) >= 11 is 0. The molecule has 3 rings (SSSR count). The molecule has 8 heteroatoms. The molecule has 2 aromatic heterocycles. The molecule has 0 saturated heterocycles. The largest absolute Gasteiger partial charge is 0.349 e. The van der Waals surface area contributed by atoms with E-state index in [9.17, 15) is 14.4 Å². The summed E-state index contributed by atoms with van der Waals surface area (Å²) in [5, 5.41) is 7.35. The fourth-order valence-corrected chi connectivity index (χ4v) is 3.98. The summed E-state index contributed by atoms with van der Waals surface area (Å²) < 4.78 is 3.10. The average Bonchev–Trinajstić information content (AvgIpc) is 2.96. The zero-order valence-corrected chi connectivity index (χ0v) is 18.3. The van der Waals surface area contributed by atoms with Gasteiger partial charge >= 0.3 is 0 Å². The van der Waals surface area contributed by atoms with Gasteiger partial charge in [0.05, 0.1) is 5.69 Å². The molecular formula is C22H31N5O3. The first kappa shape index (κ1) is 21.8. The van der Waals surface area contributed by atoms with Gasteiger partial charge in [0.15, 0.2) is 0 Å². The summed E-state index contributed by atoms with van der Waals surface area (Å²) in [6.07, 6.45) is 6.83. The second-order valence-electron chi connectivity index (χ2n) is 8.19. The highest BCUT2D eigenvalue weighted by molar-refractivity contribution is 5.94. The Morgan fingerprint density at radius 2 is 1.93 bits per heavy atom. The SMILES string of the molecule is Cc1nn(C)c(C)c1CN(C)C(=O)Cn1cccc(C(=O)NC2CCCCC2)c1=O. The molecule has 1 fully saturated rings. The molecule has 0 radical (unpaired) electrons. The van der Waals surface area contributed by atoms with Gasteiger partial charge in [0.25, 0.3) is 11.5 Å². The van der Waals surface area contributed by atoms with Crippen molar-refractivity contribution in [1.82, 2.24) is 24.6 Å². The summed E-state index contributed by atoms with van der Waals surface area (Å²) in [4.78, 5) is 39.7. The van der Waals surface area contributed by atoms with Crippen LogP contribution in [0.3, 0.4) is 0 Å². The van der Waals surface area contributed by atoms with Crippen molar-refractivity contribution in [2.75, 3.05) is 7.05 Å². The number of likely N-dealkylation sites (N-methyl/N-ethyl adjacent to an activating group) is 1. The van der Waals surface area contributed by atoms with E-state index in [1.54, 1.807) is 28.9 Å². The van der Waals surface area contributed by atoms with E-state index in [0.717, 1.165) is 42.6 Å². The predicted molar refractivity (Wildman–Crippen MR) is 114 cm³/mol. The van der Waals surface area contributed by atoms with E-state index in [1.807, 2.05) is 20.9 Å². The predicted octanol–water partition coefficient (Wildman–Crippen LogP) is 1.92. The van der Waals surface area contributed by atoms with E-state index in [0.29, 0.717) is 6.54 Å². The van der Waals surface area contributed by atoms with Crippen LogP contribution in [0, 0.1) is 13.8 Å². The Morgan fingerprint density at radius 1 is 1.23 bits per heavy atom. The fourth-order valence-electron chi connectivity index (χ4n) is 3.98. The molecule has 2 amide bonds. The molecule has 2 aromatic rings. The molecule has 0 spiro atoms. The van der Waals surface area contributed by atoms with Gasteiger partial charge in [-0.2, -0.15) is 5.10 Å². The van der Waals surface area contributed by atoms with Crippen LogP contribution < -0.4 is 10.9 Å². The van der Waals surface area contributed by atoms with Gasteiger partial charge < -0.3 is 14.8 Å². The molecule has 30 heavy (non-hydrogen) atoms. The first-order chi connectivity index (χ1) is 14.3. The highest BCUT2D eigenvalue weighted by Gasteiger charge is 2.20. The number of hydrogen-bond donors (Lipinski definition) is 1. The molecule has 1 aliphatic rings. The Labute approximate surface area is 176 Å². The van der Waals surface area contributed by atoms with Crippen molar-refractivity contribution in [1.29, 1.82) is 0 Å². The maximum atomic E-state index is 12.8. The van der Waals surface area contributed by atoms with Gasteiger partial charge in [-0.05, 0) is 38.8 Å². The van der Waals surface area contributed by atoms with Gasteiger partial charge in [0, 0.05) is 44.1 Å². The average molecular weight is 414 g/mol. The number of aromatic nitrogens is 3. The fraction of sp³-hybridized carbons (Fsp3) is 0.545. The minimum atomic E-state index is -0.443. The number of rotatable bonds is 6. The molecule has 1 aliphatic carbocycles. The van der Waals surface area contributed by atoms with Gasteiger partial charge in [0.2, 0.25) is 5.91 Å². The maximum absolute atomic E-state index is 12.8. The third-order valence-corrected chi connectivity index (χ3v) is 5.99. The third kappa shape index (κ3) is 4.80. The van der Waals surface area contributed by atoms with E-state index < -0.39 is 5.56 Å². The number of aryl methyl sites for hydroxylation is 2.